The Kier molecular flexibility index (Phi) is 7.91. The molecule has 3 aromatic rings. The summed E-state index contributed by atoms with van der Waals surface area (Å²) in [5, 5.41) is 13.8. The molecule has 3 aromatic carbocycles. The van der Waals surface area contributed by atoms with Crippen molar-refractivity contribution in [3.63, 3.8) is 0 Å². The highest BCUT2D eigenvalue weighted by molar-refractivity contribution is 8.04. The van der Waals surface area contributed by atoms with Gasteiger partial charge in [0, 0.05) is 16.5 Å². The van der Waals surface area contributed by atoms with Gasteiger partial charge in [-0.3, -0.25) is 0 Å². The number of rotatable bonds is 7. The third-order valence-corrected chi connectivity index (χ3v) is 8.08. The van der Waals surface area contributed by atoms with E-state index in [1.165, 1.54) is 29.5 Å². The van der Waals surface area contributed by atoms with Crippen LogP contribution in [0.15, 0.2) is 93.7 Å². The van der Waals surface area contributed by atoms with Crippen LogP contribution < -0.4 is 5.32 Å². The minimum atomic E-state index is -4.01. The Balaban J connectivity index is 1.99. The van der Waals surface area contributed by atoms with Crippen LogP contribution in [0.2, 0.25) is 5.02 Å². The SMILES string of the molecule is CC(C)(C)c1ccc(CSC(Nc2cccc(Cl)c2)=C(C#N)S(=O)(=O)c2ccccc2)cc1. The van der Waals surface area contributed by atoms with Gasteiger partial charge in [-0.1, -0.05) is 80.9 Å². The number of nitrogens with one attached hydrogen (secondary N) is 1. The van der Waals surface area contributed by atoms with Crippen molar-refractivity contribution in [2.24, 2.45) is 0 Å². The number of sulfone groups is 1. The van der Waals surface area contributed by atoms with Gasteiger partial charge in [0.25, 0.3) is 0 Å². The molecule has 0 amide bonds. The number of nitrogens with zero attached hydrogens (tertiary/aromatic N) is 1. The highest BCUT2D eigenvalue weighted by atomic mass is 35.5. The maximum atomic E-state index is 13.3. The van der Waals surface area contributed by atoms with E-state index in [-0.39, 0.29) is 20.2 Å². The molecule has 0 aliphatic carbocycles. The number of allylic oxidation sites excluding steroid dienone is 1. The monoisotopic (exact) mass is 496 g/mol. The number of halogens is 1. The molecule has 0 unspecified atom stereocenters. The molecule has 0 saturated carbocycles. The summed E-state index contributed by atoms with van der Waals surface area (Å²) in [6, 6.07) is 25.1. The molecule has 170 valence electrons. The van der Waals surface area contributed by atoms with Crippen molar-refractivity contribution in [2.45, 2.75) is 36.8 Å². The highest BCUT2D eigenvalue weighted by Gasteiger charge is 2.25. The van der Waals surface area contributed by atoms with Gasteiger partial charge in [-0.05, 0) is 46.9 Å². The zero-order chi connectivity index (χ0) is 24.1. The van der Waals surface area contributed by atoms with E-state index in [2.05, 4.69) is 38.2 Å². The summed E-state index contributed by atoms with van der Waals surface area (Å²) in [5.74, 6) is 0.489. The second-order valence-electron chi connectivity index (χ2n) is 8.46. The fraction of sp³-hybridized carbons (Fsp3) is 0.192. The Morgan fingerprint density at radius 2 is 1.67 bits per heavy atom. The van der Waals surface area contributed by atoms with Crippen LogP contribution in [-0.2, 0) is 21.0 Å². The smallest absolute Gasteiger partial charge is 0.219 e. The summed E-state index contributed by atoms with van der Waals surface area (Å²) in [7, 11) is -4.01. The molecular formula is C26H25ClN2O2S2. The Morgan fingerprint density at radius 1 is 1.00 bits per heavy atom. The van der Waals surface area contributed by atoms with E-state index < -0.39 is 9.84 Å². The van der Waals surface area contributed by atoms with Crippen molar-refractivity contribution >= 4 is 38.9 Å². The first-order valence-electron chi connectivity index (χ1n) is 10.3. The van der Waals surface area contributed by atoms with Crippen LogP contribution in [0.25, 0.3) is 0 Å². The second-order valence-corrected chi connectivity index (χ2v) is 11.8. The molecule has 0 aliphatic heterocycles. The first-order chi connectivity index (χ1) is 15.6. The molecule has 0 spiro atoms. The van der Waals surface area contributed by atoms with Crippen LogP contribution in [0, 0.1) is 11.3 Å². The third-order valence-electron chi connectivity index (χ3n) is 4.92. The summed E-state index contributed by atoms with van der Waals surface area (Å²) in [6.45, 7) is 6.46. The Morgan fingerprint density at radius 3 is 2.24 bits per heavy atom. The Hall–Kier alpha value is -2.72. The van der Waals surface area contributed by atoms with Gasteiger partial charge in [-0.15, -0.1) is 11.8 Å². The molecule has 4 nitrogen and oxygen atoms in total. The molecule has 3 rings (SSSR count). The normalized spacial score (nSPS) is 12.6. The summed E-state index contributed by atoms with van der Waals surface area (Å²) in [5.41, 5.74) is 2.88. The number of thioether (sulfide) groups is 1. The predicted molar refractivity (Wildman–Crippen MR) is 138 cm³/mol. The largest absolute Gasteiger partial charge is 0.348 e. The number of nitriles is 1. The molecule has 1 N–H and O–H groups in total. The lowest BCUT2D eigenvalue weighted by Crippen LogP contribution is -2.11. The lowest BCUT2D eigenvalue weighted by molar-refractivity contribution is 0.590. The standard InChI is InChI=1S/C26H25ClN2O2S2/c1-26(2,3)20-14-12-19(13-15-20)18-32-25(29-22-9-7-8-21(27)16-22)24(17-28)33(30,31)23-10-5-4-6-11-23/h4-16,29H,18H2,1-3H3. The Bertz CT molecular complexity index is 1290. The van der Waals surface area contributed by atoms with Crippen molar-refractivity contribution in [3.8, 4) is 6.07 Å². The minimum Gasteiger partial charge on any atom is -0.348 e. The van der Waals surface area contributed by atoms with Crippen molar-refractivity contribution in [1.29, 1.82) is 5.26 Å². The highest BCUT2D eigenvalue weighted by Crippen LogP contribution is 2.32. The molecule has 33 heavy (non-hydrogen) atoms. The van der Waals surface area contributed by atoms with Crippen LogP contribution in [-0.4, -0.2) is 8.42 Å². The Labute approximate surface area is 205 Å². The van der Waals surface area contributed by atoms with E-state index in [4.69, 9.17) is 11.6 Å². The van der Waals surface area contributed by atoms with Gasteiger partial charge in [0.15, 0.2) is 4.91 Å². The van der Waals surface area contributed by atoms with Crippen molar-refractivity contribution < 1.29 is 8.42 Å². The quantitative estimate of drug-likeness (QED) is 0.352. The van der Waals surface area contributed by atoms with Crippen LogP contribution in [0.4, 0.5) is 5.69 Å². The molecule has 0 radical (unpaired) electrons. The number of anilines is 1. The number of benzene rings is 3. The zero-order valence-corrected chi connectivity index (χ0v) is 21.1. The zero-order valence-electron chi connectivity index (χ0n) is 18.7. The lowest BCUT2D eigenvalue weighted by Gasteiger charge is -2.19. The third kappa shape index (κ3) is 6.42. The summed E-state index contributed by atoms with van der Waals surface area (Å²) >= 11 is 7.37. The van der Waals surface area contributed by atoms with Gasteiger partial charge in [0.05, 0.1) is 4.90 Å². The molecule has 0 aliphatic rings. The minimum absolute atomic E-state index is 0.0443. The molecule has 0 fully saturated rings. The molecule has 0 saturated heterocycles. The summed E-state index contributed by atoms with van der Waals surface area (Å²) in [4.78, 5) is -0.257. The van der Waals surface area contributed by atoms with E-state index in [0.29, 0.717) is 16.5 Å². The van der Waals surface area contributed by atoms with Crippen molar-refractivity contribution in [3.05, 3.63) is 105 Å². The maximum absolute atomic E-state index is 13.3. The van der Waals surface area contributed by atoms with Crippen LogP contribution in [0.5, 0.6) is 0 Å². The molecular weight excluding hydrogens is 472 g/mol. The summed E-state index contributed by atoms with van der Waals surface area (Å²) in [6.07, 6.45) is 0. The van der Waals surface area contributed by atoms with Crippen LogP contribution in [0.1, 0.15) is 31.9 Å². The molecule has 0 bridgehead atoms. The summed E-state index contributed by atoms with van der Waals surface area (Å²) < 4.78 is 26.5. The topological polar surface area (TPSA) is 70.0 Å². The van der Waals surface area contributed by atoms with Crippen molar-refractivity contribution in [2.75, 3.05) is 5.32 Å². The fourth-order valence-electron chi connectivity index (χ4n) is 3.06. The van der Waals surface area contributed by atoms with Gasteiger partial charge in [-0.2, -0.15) is 5.26 Å². The average molecular weight is 497 g/mol. The van der Waals surface area contributed by atoms with Gasteiger partial charge in [-0.25, -0.2) is 8.42 Å². The first-order valence-corrected chi connectivity index (χ1v) is 13.2. The maximum Gasteiger partial charge on any atom is 0.219 e. The van der Waals surface area contributed by atoms with E-state index in [1.54, 1.807) is 42.5 Å². The predicted octanol–water partition coefficient (Wildman–Crippen LogP) is 7.15. The lowest BCUT2D eigenvalue weighted by atomic mass is 9.87. The van der Waals surface area contributed by atoms with Gasteiger partial charge in [0.2, 0.25) is 9.84 Å². The average Bonchev–Trinajstić information content (AvgIpc) is 2.78. The molecule has 7 heteroatoms. The van der Waals surface area contributed by atoms with Crippen molar-refractivity contribution in [1.82, 2.24) is 0 Å². The molecule has 0 atom stereocenters. The van der Waals surface area contributed by atoms with Gasteiger partial charge < -0.3 is 5.32 Å². The second kappa shape index (κ2) is 10.5. The van der Waals surface area contributed by atoms with E-state index in [0.717, 1.165) is 5.56 Å². The molecule has 0 aromatic heterocycles. The van der Waals surface area contributed by atoms with E-state index in [1.807, 2.05) is 18.2 Å². The van der Waals surface area contributed by atoms with E-state index >= 15 is 0 Å². The first kappa shape index (κ1) is 24.9. The van der Waals surface area contributed by atoms with Crippen LogP contribution in [0.3, 0.4) is 0 Å². The van der Waals surface area contributed by atoms with Crippen LogP contribution >= 0.6 is 23.4 Å². The fourth-order valence-corrected chi connectivity index (χ4v) is 5.80. The number of hydrogen-bond donors (Lipinski definition) is 1. The van der Waals surface area contributed by atoms with Gasteiger partial charge in [0.1, 0.15) is 11.1 Å². The molecule has 0 heterocycles. The van der Waals surface area contributed by atoms with Gasteiger partial charge >= 0.3 is 0 Å². The number of hydrogen-bond acceptors (Lipinski definition) is 5. The van der Waals surface area contributed by atoms with E-state index in [9.17, 15) is 13.7 Å².